The molecule has 0 unspecified atom stereocenters. The highest BCUT2D eigenvalue weighted by molar-refractivity contribution is 6.61. The van der Waals surface area contributed by atoms with Crippen molar-refractivity contribution in [1.29, 1.82) is 0 Å². The fraction of sp³-hybridized carbons (Fsp3) is 0.0667. The molecular weight excluding hydrogens is 280 g/mol. The Morgan fingerprint density at radius 1 is 0.950 bits per heavy atom. The Balaban J connectivity index is 0.000000200. The largest absolute Gasteiger partial charge is 0.481 e. The van der Waals surface area contributed by atoms with Crippen molar-refractivity contribution in [1.82, 2.24) is 0 Å². The normalized spacial score (nSPS) is 9.05. The van der Waals surface area contributed by atoms with Crippen LogP contribution in [0.2, 0.25) is 0 Å². The molecule has 0 radical (unpaired) electrons. The molecule has 0 heterocycles. The minimum atomic E-state index is -0.814. The van der Waals surface area contributed by atoms with E-state index in [0.29, 0.717) is 5.75 Å². The number of carbonyl (C=O) groups is 2. The molecule has 2 aromatic rings. The molecule has 20 heavy (non-hydrogen) atoms. The average Bonchev–Trinajstić information content (AvgIpc) is 2.40. The summed E-state index contributed by atoms with van der Waals surface area (Å²) < 4.78 is 4.54. The summed E-state index contributed by atoms with van der Waals surface area (Å²) in [6.07, 6.45) is 0.112. The van der Waals surface area contributed by atoms with E-state index in [-0.39, 0.29) is 6.42 Å². The second-order valence-corrected chi connectivity index (χ2v) is 4.02. The lowest BCUT2D eigenvalue weighted by Gasteiger charge is -1.95. The minimum Gasteiger partial charge on any atom is -0.481 e. The Morgan fingerprint density at radius 2 is 1.45 bits per heavy atom. The van der Waals surface area contributed by atoms with Gasteiger partial charge in [0.15, 0.2) is 0 Å². The standard InChI is InChI=1S/C8H8O2.C7H5ClO2/c9-8(10)6-7-4-2-1-3-5-7;8-7(9)10-6-4-2-1-3-5-6/h1-5H,6H2,(H,9,10);1-5H. The zero-order valence-corrected chi connectivity index (χ0v) is 11.3. The summed E-state index contributed by atoms with van der Waals surface area (Å²) in [5.74, 6) is -0.325. The van der Waals surface area contributed by atoms with Crippen LogP contribution in [0.4, 0.5) is 4.79 Å². The molecule has 5 heteroatoms. The predicted octanol–water partition coefficient (Wildman–Crippen LogP) is 3.74. The van der Waals surface area contributed by atoms with Gasteiger partial charge in [0.05, 0.1) is 6.42 Å². The summed E-state index contributed by atoms with van der Waals surface area (Å²) >= 11 is 4.95. The Labute approximate surface area is 121 Å². The third kappa shape index (κ3) is 7.18. The molecule has 0 atom stereocenters. The number of benzene rings is 2. The molecule has 4 nitrogen and oxygen atoms in total. The molecule has 0 aromatic heterocycles. The summed E-state index contributed by atoms with van der Waals surface area (Å²) in [5, 5.41) is 8.37. The van der Waals surface area contributed by atoms with Crippen LogP contribution in [0.1, 0.15) is 5.56 Å². The Kier molecular flexibility index (Phi) is 6.85. The summed E-state index contributed by atoms with van der Waals surface area (Å²) in [7, 11) is 0. The van der Waals surface area contributed by atoms with Gasteiger partial charge in [-0.15, -0.1) is 0 Å². The number of hydrogen-bond donors (Lipinski definition) is 1. The molecule has 0 saturated heterocycles. The predicted molar refractivity (Wildman–Crippen MR) is 76.1 cm³/mol. The highest BCUT2D eigenvalue weighted by Crippen LogP contribution is 2.09. The van der Waals surface area contributed by atoms with E-state index in [0.717, 1.165) is 5.56 Å². The zero-order valence-electron chi connectivity index (χ0n) is 10.5. The van der Waals surface area contributed by atoms with Crippen LogP contribution in [-0.2, 0) is 11.2 Å². The molecule has 0 aliphatic heterocycles. The number of carboxylic acids is 1. The number of hydrogen-bond acceptors (Lipinski definition) is 3. The van der Waals surface area contributed by atoms with Gasteiger partial charge in [-0.1, -0.05) is 48.5 Å². The molecule has 0 saturated carbocycles. The van der Waals surface area contributed by atoms with E-state index >= 15 is 0 Å². The topological polar surface area (TPSA) is 63.6 Å². The zero-order chi connectivity index (χ0) is 14.8. The summed E-state index contributed by atoms with van der Waals surface area (Å²) in [6, 6.07) is 17.8. The number of ether oxygens (including phenoxy) is 1. The van der Waals surface area contributed by atoms with Gasteiger partial charge in [-0.25, -0.2) is 4.79 Å². The third-order valence-electron chi connectivity index (χ3n) is 2.14. The van der Waals surface area contributed by atoms with Crippen LogP contribution in [0, 0.1) is 0 Å². The van der Waals surface area contributed by atoms with Crippen molar-refractivity contribution in [3.63, 3.8) is 0 Å². The monoisotopic (exact) mass is 292 g/mol. The van der Waals surface area contributed by atoms with Crippen molar-refractivity contribution in [3.8, 4) is 5.75 Å². The van der Waals surface area contributed by atoms with Gasteiger partial charge in [0.1, 0.15) is 5.75 Å². The van der Waals surface area contributed by atoms with Gasteiger partial charge in [0, 0.05) is 11.6 Å². The number of aliphatic carboxylic acids is 1. The number of carbonyl (C=O) groups excluding carboxylic acids is 1. The molecule has 0 spiro atoms. The van der Waals surface area contributed by atoms with Crippen molar-refractivity contribution in [2.45, 2.75) is 6.42 Å². The van der Waals surface area contributed by atoms with Gasteiger partial charge in [0.2, 0.25) is 0 Å². The maximum atomic E-state index is 10.2. The highest BCUT2D eigenvalue weighted by atomic mass is 35.5. The number of carboxylic acid groups (broad SMARTS) is 1. The Bertz CT molecular complexity index is 489. The van der Waals surface area contributed by atoms with E-state index in [2.05, 4.69) is 4.74 Å². The van der Waals surface area contributed by atoms with E-state index in [4.69, 9.17) is 16.7 Å². The van der Waals surface area contributed by atoms with Gasteiger partial charge in [-0.2, -0.15) is 0 Å². The van der Waals surface area contributed by atoms with E-state index < -0.39 is 11.4 Å². The molecule has 2 rings (SSSR count). The van der Waals surface area contributed by atoms with E-state index in [1.807, 2.05) is 24.3 Å². The van der Waals surface area contributed by atoms with Crippen LogP contribution in [-0.4, -0.2) is 16.5 Å². The summed E-state index contributed by atoms with van der Waals surface area (Å²) in [4.78, 5) is 20.3. The van der Waals surface area contributed by atoms with Crippen LogP contribution >= 0.6 is 11.6 Å². The lowest BCUT2D eigenvalue weighted by molar-refractivity contribution is -0.136. The summed E-state index contributed by atoms with van der Waals surface area (Å²) in [5.41, 5.74) is 0.0289. The maximum absolute atomic E-state index is 10.2. The van der Waals surface area contributed by atoms with E-state index in [1.54, 1.807) is 36.4 Å². The van der Waals surface area contributed by atoms with Gasteiger partial charge in [0.25, 0.3) is 0 Å². The highest BCUT2D eigenvalue weighted by Gasteiger charge is 1.96. The van der Waals surface area contributed by atoms with Gasteiger partial charge < -0.3 is 9.84 Å². The van der Waals surface area contributed by atoms with Gasteiger partial charge in [-0.3, -0.25) is 4.79 Å². The molecule has 1 N–H and O–H groups in total. The molecule has 0 amide bonds. The fourth-order valence-electron chi connectivity index (χ4n) is 1.35. The first-order valence-electron chi connectivity index (χ1n) is 5.76. The molecular formula is C15H13ClO4. The quantitative estimate of drug-likeness (QED) is 0.875. The van der Waals surface area contributed by atoms with Crippen molar-refractivity contribution < 1.29 is 19.4 Å². The summed E-state index contributed by atoms with van der Waals surface area (Å²) in [6.45, 7) is 0. The maximum Gasteiger partial charge on any atom is 0.409 e. The molecule has 0 aliphatic carbocycles. The first-order valence-corrected chi connectivity index (χ1v) is 6.14. The Morgan fingerprint density at radius 3 is 1.90 bits per heavy atom. The van der Waals surface area contributed by atoms with Crippen LogP contribution in [0.5, 0.6) is 5.75 Å². The fourth-order valence-corrected chi connectivity index (χ4v) is 1.44. The van der Waals surface area contributed by atoms with Crippen molar-refractivity contribution in [2.75, 3.05) is 0 Å². The third-order valence-corrected chi connectivity index (χ3v) is 2.22. The number of para-hydroxylation sites is 1. The molecule has 0 aliphatic rings. The SMILES string of the molecule is O=C(Cl)Oc1ccccc1.O=C(O)Cc1ccccc1. The van der Waals surface area contributed by atoms with E-state index in [9.17, 15) is 9.59 Å². The lowest BCUT2D eigenvalue weighted by Crippen LogP contribution is -1.98. The smallest absolute Gasteiger partial charge is 0.409 e. The first-order chi connectivity index (χ1) is 9.58. The number of rotatable bonds is 3. The van der Waals surface area contributed by atoms with Crippen molar-refractivity contribution >= 4 is 23.0 Å². The molecule has 0 bridgehead atoms. The van der Waals surface area contributed by atoms with Crippen LogP contribution in [0.15, 0.2) is 60.7 Å². The minimum absolute atomic E-state index is 0.112. The Hall–Kier alpha value is -2.33. The van der Waals surface area contributed by atoms with Crippen molar-refractivity contribution in [2.24, 2.45) is 0 Å². The number of halogens is 1. The van der Waals surface area contributed by atoms with E-state index in [1.165, 1.54) is 0 Å². The van der Waals surface area contributed by atoms with Gasteiger partial charge in [-0.05, 0) is 17.7 Å². The molecule has 104 valence electrons. The van der Waals surface area contributed by atoms with Crippen molar-refractivity contribution in [3.05, 3.63) is 66.2 Å². The van der Waals surface area contributed by atoms with Crippen LogP contribution < -0.4 is 4.74 Å². The first kappa shape index (κ1) is 15.7. The average molecular weight is 293 g/mol. The van der Waals surface area contributed by atoms with Crippen LogP contribution in [0.3, 0.4) is 0 Å². The molecule has 0 fully saturated rings. The second kappa shape index (κ2) is 8.72. The van der Waals surface area contributed by atoms with Gasteiger partial charge >= 0.3 is 11.4 Å². The lowest BCUT2D eigenvalue weighted by atomic mass is 10.2. The molecule has 2 aromatic carbocycles. The van der Waals surface area contributed by atoms with Crippen LogP contribution in [0.25, 0.3) is 0 Å². The second-order valence-electron chi connectivity index (χ2n) is 3.71.